The van der Waals surface area contributed by atoms with Crippen molar-refractivity contribution in [2.24, 2.45) is 0 Å². The van der Waals surface area contributed by atoms with E-state index in [1.807, 2.05) is 37.3 Å². The number of pyridine rings is 1. The fourth-order valence-electron chi connectivity index (χ4n) is 3.60. The lowest BCUT2D eigenvalue weighted by Gasteiger charge is -2.24. The molecule has 1 atom stereocenters. The molecule has 0 radical (unpaired) electrons. The number of anilines is 2. The number of para-hydroxylation sites is 1. The lowest BCUT2D eigenvalue weighted by Crippen LogP contribution is -2.25. The number of nitrogens with one attached hydrogen (secondary N) is 1. The minimum atomic E-state index is -0.156. The number of rotatable bonds is 4. The molecule has 0 aliphatic carbocycles. The molecule has 1 aromatic heterocycles. The molecule has 0 bridgehead atoms. The second-order valence-corrected chi connectivity index (χ2v) is 7.12. The molecule has 2 heterocycles. The van der Waals surface area contributed by atoms with Crippen LogP contribution in [-0.2, 0) is 13.0 Å². The highest BCUT2D eigenvalue weighted by Gasteiger charge is 2.27. The van der Waals surface area contributed by atoms with Gasteiger partial charge < -0.3 is 10.2 Å². The molecular formula is C23H23N3O. The van der Waals surface area contributed by atoms with Crippen molar-refractivity contribution >= 4 is 17.3 Å². The van der Waals surface area contributed by atoms with Gasteiger partial charge in [-0.25, -0.2) is 4.98 Å². The van der Waals surface area contributed by atoms with E-state index in [1.54, 1.807) is 12.3 Å². The number of benzene rings is 2. The maximum Gasteiger partial charge on any atom is 0.270 e. The van der Waals surface area contributed by atoms with Gasteiger partial charge in [0, 0.05) is 18.3 Å². The van der Waals surface area contributed by atoms with Gasteiger partial charge in [-0.05, 0) is 49.6 Å². The van der Waals surface area contributed by atoms with E-state index in [0.717, 1.165) is 17.7 Å². The van der Waals surface area contributed by atoms with E-state index in [2.05, 4.69) is 46.4 Å². The van der Waals surface area contributed by atoms with Crippen LogP contribution < -0.4 is 10.2 Å². The molecule has 1 aliphatic rings. The number of aryl methyl sites for hydroxylation is 1. The van der Waals surface area contributed by atoms with Gasteiger partial charge in [-0.3, -0.25) is 4.79 Å². The molecule has 1 aliphatic heterocycles. The first-order valence-corrected chi connectivity index (χ1v) is 9.29. The summed E-state index contributed by atoms with van der Waals surface area (Å²) in [5, 5.41) is 2.93. The third kappa shape index (κ3) is 3.56. The monoisotopic (exact) mass is 357 g/mol. The van der Waals surface area contributed by atoms with E-state index in [0.29, 0.717) is 18.3 Å². The summed E-state index contributed by atoms with van der Waals surface area (Å²) in [6.45, 7) is 4.76. The first-order chi connectivity index (χ1) is 13.1. The van der Waals surface area contributed by atoms with Crippen LogP contribution in [0.1, 0.15) is 34.1 Å². The minimum Gasteiger partial charge on any atom is -0.347 e. The number of fused-ring (bicyclic) bond motifs is 1. The highest BCUT2D eigenvalue weighted by Crippen LogP contribution is 2.37. The van der Waals surface area contributed by atoms with Gasteiger partial charge in [0.25, 0.3) is 5.91 Å². The zero-order valence-electron chi connectivity index (χ0n) is 15.6. The highest BCUT2D eigenvalue weighted by molar-refractivity contribution is 5.92. The molecule has 4 heteroatoms. The van der Waals surface area contributed by atoms with Gasteiger partial charge in [-0.2, -0.15) is 0 Å². The zero-order chi connectivity index (χ0) is 18.8. The van der Waals surface area contributed by atoms with Gasteiger partial charge >= 0.3 is 0 Å². The number of hydrogen-bond donors (Lipinski definition) is 1. The van der Waals surface area contributed by atoms with E-state index in [9.17, 15) is 4.79 Å². The summed E-state index contributed by atoms with van der Waals surface area (Å²) in [7, 11) is 0. The third-order valence-electron chi connectivity index (χ3n) is 5.04. The molecule has 2 aromatic carbocycles. The van der Waals surface area contributed by atoms with Crippen molar-refractivity contribution in [3.63, 3.8) is 0 Å². The van der Waals surface area contributed by atoms with Crippen LogP contribution in [0.25, 0.3) is 0 Å². The van der Waals surface area contributed by atoms with Crippen molar-refractivity contribution in [2.75, 3.05) is 4.90 Å². The number of carbonyl (C=O) groups is 1. The number of hydrogen-bond acceptors (Lipinski definition) is 3. The van der Waals surface area contributed by atoms with E-state index in [1.165, 1.54) is 16.8 Å². The van der Waals surface area contributed by atoms with Crippen molar-refractivity contribution in [1.82, 2.24) is 10.3 Å². The Labute approximate surface area is 159 Å². The highest BCUT2D eigenvalue weighted by atomic mass is 16.1. The quantitative estimate of drug-likeness (QED) is 0.753. The zero-order valence-corrected chi connectivity index (χ0v) is 15.6. The Bertz CT molecular complexity index is 948. The molecular weight excluding hydrogens is 334 g/mol. The van der Waals surface area contributed by atoms with Gasteiger partial charge in [0.1, 0.15) is 5.69 Å². The normalized spacial score (nSPS) is 15.5. The largest absolute Gasteiger partial charge is 0.347 e. The summed E-state index contributed by atoms with van der Waals surface area (Å²) in [5.74, 6) is -0.156. The summed E-state index contributed by atoms with van der Waals surface area (Å²) in [4.78, 5) is 19.1. The van der Waals surface area contributed by atoms with Gasteiger partial charge in [0.15, 0.2) is 0 Å². The maximum absolute atomic E-state index is 12.4. The smallest absolute Gasteiger partial charge is 0.270 e. The van der Waals surface area contributed by atoms with E-state index < -0.39 is 0 Å². The van der Waals surface area contributed by atoms with Gasteiger partial charge in [-0.15, -0.1) is 0 Å². The van der Waals surface area contributed by atoms with Crippen LogP contribution in [0.3, 0.4) is 0 Å². The second-order valence-electron chi connectivity index (χ2n) is 7.12. The molecule has 1 N–H and O–H groups in total. The predicted octanol–water partition coefficient (Wildman–Crippen LogP) is 4.40. The van der Waals surface area contributed by atoms with E-state index >= 15 is 0 Å². The summed E-state index contributed by atoms with van der Waals surface area (Å²) in [6.07, 6.45) is 2.81. The van der Waals surface area contributed by atoms with Crippen molar-refractivity contribution in [2.45, 2.75) is 32.9 Å². The molecule has 3 aromatic rings. The van der Waals surface area contributed by atoms with Crippen LogP contribution >= 0.6 is 0 Å². The lowest BCUT2D eigenvalue weighted by atomic mass is 10.1. The van der Waals surface area contributed by atoms with Crippen LogP contribution in [0.15, 0.2) is 66.9 Å². The SMILES string of the molecule is Cc1ccc(CNC(=O)c2ccc(N3c4ccccc4CC3C)cn2)cc1. The van der Waals surface area contributed by atoms with Crippen LogP contribution in [0.2, 0.25) is 0 Å². The standard InChI is InChI=1S/C23H23N3O/c1-16-7-9-18(10-8-16)14-25-23(27)21-12-11-20(15-24-21)26-17(2)13-19-5-3-4-6-22(19)26/h3-12,15,17H,13-14H2,1-2H3,(H,25,27). The van der Waals surface area contributed by atoms with Crippen molar-refractivity contribution < 1.29 is 4.79 Å². The Morgan fingerprint density at radius 2 is 1.89 bits per heavy atom. The van der Waals surface area contributed by atoms with Crippen LogP contribution in [0, 0.1) is 6.92 Å². The summed E-state index contributed by atoms with van der Waals surface area (Å²) in [6, 6.07) is 20.8. The number of carbonyl (C=O) groups excluding carboxylic acids is 1. The summed E-state index contributed by atoms with van der Waals surface area (Å²) >= 11 is 0. The molecule has 0 spiro atoms. The van der Waals surface area contributed by atoms with Crippen LogP contribution in [0.4, 0.5) is 11.4 Å². The molecule has 0 saturated heterocycles. The van der Waals surface area contributed by atoms with E-state index in [4.69, 9.17) is 0 Å². The molecule has 4 nitrogen and oxygen atoms in total. The molecule has 0 fully saturated rings. The Morgan fingerprint density at radius 1 is 1.11 bits per heavy atom. The van der Waals surface area contributed by atoms with Crippen molar-refractivity contribution in [1.29, 1.82) is 0 Å². The lowest BCUT2D eigenvalue weighted by molar-refractivity contribution is 0.0946. The second kappa shape index (κ2) is 7.23. The molecule has 27 heavy (non-hydrogen) atoms. The minimum absolute atomic E-state index is 0.156. The summed E-state index contributed by atoms with van der Waals surface area (Å²) in [5.41, 5.74) is 6.31. The number of nitrogens with zero attached hydrogens (tertiary/aromatic N) is 2. The average molecular weight is 357 g/mol. The first kappa shape index (κ1) is 17.3. The maximum atomic E-state index is 12.4. The number of amides is 1. The Morgan fingerprint density at radius 3 is 2.63 bits per heavy atom. The number of aromatic nitrogens is 1. The molecule has 1 amide bonds. The van der Waals surface area contributed by atoms with Gasteiger partial charge in [0.2, 0.25) is 0 Å². The molecule has 0 saturated carbocycles. The van der Waals surface area contributed by atoms with Gasteiger partial charge in [0.05, 0.1) is 11.9 Å². The van der Waals surface area contributed by atoms with Crippen molar-refractivity contribution in [3.05, 3.63) is 89.2 Å². The fraction of sp³-hybridized carbons (Fsp3) is 0.217. The third-order valence-corrected chi connectivity index (χ3v) is 5.04. The topological polar surface area (TPSA) is 45.2 Å². The van der Waals surface area contributed by atoms with Gasteiger partial charge in [-0.1, -0.05) is 48.0 Å². The first-order valence-electron chi connectivity index (χ1n) is 9.29. The predicted molar refractivity (Wildman–Crippen MR) is 108 cm³/mol. The van der Waals surface area contributed by atoms with Crippen LogP contribution in [-0.4, -0.2) is 16.9 Å². The van der Waals surface area contributed by atoms with Crippen LogP contribution in [0.5, 0.6) is 0 Å². The molecule has 136 valence electrons. The van der Waals surface area contributed by atoms with Crippen molar-refractivity contribution in [3.8, 4) is 0 Å². The molecule has 4 rings (SSSR count). The fourth-order valence-corrected chi connectivity index (χ4v) is 3.60. The summed E-state index contributed by atoms with van der Waals surface area (Å²) < 4.78 is 0. The average Bonchev–Trinajstić information content (AvgIpc) is 3.03. The van der Waals surface area contributed by atoms with E-state index in [-0.39, 0.29) is 5.91 Å². The Kier molecular flexibility index (Phi) is 4.63. The Hall–Kier alpha value is -3.14. The Balaban J connectivity index is 1.46. The molecule has 1 unspecified atom stereocenters.